The molecule has 1 saturated carbocycles. The van der Waals surface area contributed by atoms with E-state index in [1.54, 1.807) is 23.8 Å². The first-order valence-corrected chi connectivity index (χ1v) is 12.6. The van der Waals surface area contributed by atoms with Gasteiger partial charge in [0.1, 0.15) is 5.82 Å². The van der Waals surface area contributed by atoms with Gasteiger partial charge in [-0.3, -0.25) is 4.79 Å². The van der Waals surface area contributed by atoms with Crippen molar-refractivity contribution in [2.24, 2.45) is 4.99 Å². The van der Waals surface area contributed by atoms with Crippen LogP contribution < -0.4 is 4.80 Å². The highest BCUT2D eigenvalue weighted by molar-refractivity contribution is 7.89. The summed E-state index contributed by atoms with van der Waals surface area (Å²) in [6.45, 7) is 4.16. The van der Waals surface area contributed by atoms with Crippen molar-refractivity contribution >= 4 is 37.5 Å². The topological polar surface area (TPSA) is 71.7 Å². The standard InChI is InChI=1S/C23H24FN3O3S2/c1-3-14-27-20-13-10-17(24)15-21(20)31-23(27)25-22(28)16-8-11-19(12-9-16)32(29,30)26(2)18-6-4-5-7-18/h3,8-13,15,18H,1,4-7,14H2,2H3. The summed E-state index contributed by atoms with van der Waals surface area (Å²) in [6.07, 6.45) is 5.49. The van der Waals surface area contributed by atoms with Crippen molar-refractivity contribution in [3.05, 3.63) is 71.3 Å². The van der Waals surface area contributed by atoms with Gasteiger partial charge >= 0.3 is 0 Å². The lowest BCUT2D eigenvalue weighted by Crippen LogP contribution is -2.35. The van der Waals surface area contributed by atoms with Crippen LogP contribution >= 0.6 is 11.3 Å². The molecule has 9 heteroatoms. The average molecular weight is 474 g/mol. The number of sulfonamides is 1. The lowest BCUT2D eigenvalue weighted by molar-refractivity contribution is 0.0997. The number of benzene rings is 2. The third kappa shape index (κ3) is 4.32. The number of aromatic nitrogens is 1. The molecule has 0 bridgehead atoms. The molecule has 32 heavy (non-hydrogen) atoms. The van der Waals surface area contributed by atoms with Gasteiger partial charge in [-0.15, -0.1) is 6.58 Å². The van der Waals surface area contributed by atoms with Gasteiger partial charge in [-0.1, -0.05) is 30.3 Å². The van der Waals surface area contributed by atoms with Crippen LogP contribution in [0.4, 0.5) is 4.39 Å². The maximum atomic E-state index is 13.6. The maximum absolute atomic E-state index is 13.6. The number of nitrogens with zero attached hydrogens (tertiary/aromatic N) is 3. The van der Waals surface area contributed by atoms with Gasteiger partial charge in [0, 0.05) is 25.2 Å². The van der Waals surface area contributed by atoms with Crippen LogP contribution in [0.15, 0.2) is 65.0 Å². The first-order valence-electron chi connectivity index (χ1n) is 10.4. The minimum atomic E-state index is -3.62. The number of thiazole rings is 1. The summed E-state index contributed by atoms with van der Waals surface area (Å²) in [6, 6.07) is 10.3. The maximum Gasteiger partial charge on any atom is 0.279 e. The lowest BCUT2D eigenvalue weighted by Gasteiger charge is -2.23. The molecule has 1 fully saturated rings. The van der Waals surface area contributed by atoms with Crippen LogP contribution in [-0.2, 0) is 16.6 Å². The van der Waals surface area contributed by atoms with Gasteiger partial charge in [-0.25, -0.2) is 12.8 Å². The molecule has 3 aromatic rings. The second kappa shape index (κ2) is 9.09. The zero-order valence-electron chi connectivity index (χ0n) is 17.7. The number of halogens is 1. The molecule has 2 aromatic carbocycles. The van der Waals surface area contributed by atoms with E-state index in [2.05, 4.69) is 11.6 Å². The molecule has 0 saturated heterocycles. The average Bonchev–Trinajstić information content (AvgIpc) is 3.42. The largest absolute Gasteiger partial charge is 0.312 e. The Morgan fingerprint density at radius 3 is 2.59 bits per heavy atom. The molecule has 0 unspecified atom stereocenters. The highest BCUT2D eigenvalue weighted by atomic mass is 32.2. The summed E-state index contributed by atoms with van der Waals surface area (Å²) in [7, 11) is -2.00. The van der Waals surface area contributed by atoms with Crippen molar-refractivity contribution in [3.8, 4) is 0 Å². The van der Waals surface area contributed by atoms with Crippen LogP contribution in [-0.4, -0.2) is 36.3 Å². The molecular weight excluding hydrogens is 449 g/mol. The predicted octanol–water partition coefficient (Wildman–Crippen LogP) is 4.33. The molecular formula is C23H24FN3O3S2. The van der Waals surface area contributed by atoms with Crippen LogP contribution in [0, 0.1) is 5.82 Å². The summed E-state index contributed by atoms with van der Waals surface area (Å²) in [5.41, 5.74) is 1.04. The van der Waals surface area contributed by atoms with E-state index in [0.29, 0.717) is 16.0 Å². The fraction of sp³-hybridized carbons (Fsp3) is 0.304. The van der Waals surface area contributed by atoms with E-state index in [1.165, 1.54) is 52.0 Å². The van der Waals surface area contributed by atoms with Gasteiger partial charge in [0.2, 0.25) is 10.0 Å². The molecule has 0 N–H and O–H groups in total. The number of hydrogen-bond donors (Lipinski definition) is 0. The summed E-state index contributed by atoms with van der Waals surface area (Å²) < 4.78 is 43.3. The first-order chi connectivity index (χ1) is 15.3. The van der Waals surface area contributed by atoms with E-state index < -0.39 is 15.9 Å². The Morgan fingerprint density at radius 2 is 1.94 bits per heavy atom. The number of amides is 1. The number of rotatable bonds is 6. The molecule has 0 atom stereocenters. The third-order valence-electron chi connectivity index (χ3n) is 5.77. The molecule has 4 rings (SSSR count). The Morgan fingerprint density at radius 1 is 1.25 bits per heavy atom. The van der Waals surface area contributed by atoms with Gasteiger partial charge in [0.05, 0.1) is 15.1 Å². The van der Waals surface area contributed by atoms with Gasteiger partial charge in [0.25, 0.3) is 5.91 Å². The van der Waals surface area contributed by atoms with Crippen molar-refractivity contribution < 1.29 is 17.6 Å². The Hall–Kier alpha value is -2.62. The number of carbonyl (C=O) groups excluding carboxylic acids is 1. The summed E-state index contributed by atoms with van der Waals surface area (Å²) in [5.74, 6) is -0.857. The SMILES string of the molecule is C=CCn1c(=NC(=O)c2ccc(S(=O)(=O)N(C)C3CCCC3)cc2)sc2cc(F)ccc21. The zero-order chi connectivity index (χ0) is 22.9. The Kier molecular flexibility index (Phi) is 6.41. The Labute approximate surface area is 190 Å². The Bertz CT molecular complexity index is 1340. The highest BCUT2D eigenvalue weighted by Gasteiger charge is 2.30. The quantitative estimate of drug-likeness (QED) is 0.500. The second-order valence-electron chi connectivity index (χ2n) is 7.80. The number of allylic oxidation sites excluding steroid dienone is 1. The van der Waals surface area contributed by atoms with Gasteiger partial charge in [-0.2, -0.15) is 9.30 Å². The number of hydrogen-bond acceptors (Lipinski definition) is 4. The van der Waals surface area contributed by atoms with E-state index in [9.17, 15) is 17.6 Å². The Balaban J connectivity index is 1.64. The van der Waals surface area contributed by atoms with Crippen molar-refractivity contribution in [2.45, 2.75) is 43.2 Å². The van der Waals surface area contributed by atoms with Crippen LogP contribution in [0.1, 0.15) is 36.0 Å². The zero-order valence-corrected chi connectivity index (χ0v) is 19.3. The highest BCUT2D eigenvalue weighted by Crippen LogP contribution is 2.27. The first kappa shape index (κ1) is 22.6. The van der Waals surface area contributed by atoms with Gasteiger partial charge < -0.3 is 4.57 Å². The van der Waals surface area contributed by atoms with Gasteiger partial charge in [0.15, 0.2) is 4.80 Å². The summed E-state index contributed by atoms with van der Waals surface area (Å²) in [4.78, 5) is 17.6. The summed E-state index contributed by atoms with van der Waals surface area (Å²) in [5, 5.41) is 0. The van der Waals surface area contributed by atoms with E-state index in [1.807, 2.05) is 0 Å². The molecule has 1 heterocycles. The molecule has 6 nitrogen and oxygen atoms in total. The molecule has 0 aliphatic heterocycles. The molecule has 1 aromatic heterocycles. The van der Waals surface area contributed by atoms with E-state index in [-0.39, 0.29) is 22.3 Å². The normalized spacial score (nSPS) is 15.7. The van der Waals surface area contributed by atoms with Crippen LogP contribution in [0.3, 0.4) is 0 Å². The molecule has 0 spiro atoms. The van der Waals surface area contributed by atoms with E-state index >= 15 is 0 Å². The van der Waals surface area contributed by atoms with Crippen LogP contribution in [0.5, 0.6) is 0 Å². The predicted molar refractivity (Wildman–Crippen MR) is 124 cm³/mol. The molecule has 0 radical (unpaired) electrons. The fourth-order valence-electron chi connectivity index (χ4n) is 3.99. The monoisotopic (exact) mass is 473 g/mol. The van der Waals surface area contributed by atoms with Crippen LogP contribution in [0.25, 0.3) is 10.2 Å². The summed E-state index contributed by atoms with van der Waals surface area (Å²) >= 11 is 1.21. The van der Waals surface area contributed by atoms with E-state index in [4.69, 9.17) is 0 Å². The van der Waals surface area contributed by atoms with E-state index in [0.717, 1.165) is 31.2 Å². The number of carbonyl (C=O) groups is 1. The third-order valence-corrected chi connectivity index (χ3v) is 8.74. The minimum absolute atomic E-state index is 0.0226. The van der Waals surface area contributed by atoms with Crippen molar-refractivity contribution in [3.63, 3.8) is 0 Å². The fourth-order valence-corrected chi connectivity index (χ4v) is 6.47. The molecule has 168 valence electrons. The van der Waals surface area contributed by atoms with Crippen LogP contribution in [0.2, 0.25) is 0 Å². The van der Waals surface area contributed by atoms with Crippen molar-refractivity contribution in [2.75, 3.05) is 7.05 Å². The second-order valence-corrected chi connectivity index (χ2v) is 10.8. The van der Waals surface area contributed by atoms with Gasteiger partial charge in [-0.05, 0) is 55.3 Å². The lowest BCUT2D eigenvalue weighted by atomic mass is 10.2. The minimum Gasteiger partial charge on any atom is -0.312 e. The van der Waals surface area contributed by atoms with Crippen molar-refractivity contribution in [1.29, 1.82) is 0 Å². The molecule has 1 amide bonds. The number of fused-ring (bicyclic) bond motifs is 1. The van der Waals surface area contributed by atoms with Crippen molar-refractivity contribution in [1.82, 2.24) is 8.87 Å². The smallest absolute Gasteiger partial charge is 0.279 e. The molecule has 1 aliphatic rings. The molecule has 1 aliphatic carbocycles.